The van der Waals surface area contributed by atoms with Crippen molar-refractivity contribution in [2.45, 2.75) is 45.6 Å². The lowest BCUT2D eigenvalue weighted by Gasteiger charge is -2.47. The minimum Gasteiger partial charge on any atom is -0.497 e. The molecule has 2 aliphatic heterocycles. The monoisotopic (exact) mass is 507 g/mol. The molecule has 0 saturated carbocycles. The van der Waals surface area contributed by atoms with E-state index in [9.17, 15) is 14.4 Å². The van der Waals surface area contributed by atoms with Gasteiger partial charge in [0.05, 0.1) is 27.0 Å². The third-order valence-corrected chi connectivity index (χ3v) is 7.08. The van der Waals surface area contributed by atoms with Crippen molar-refractivity contribution in [3.63, 3.8) is 0 Å². The first-order chi connectivity index (χ1) is 17.6. The third kappa shape index (κ3) is 4.50. The maximum atomic E-state index is 13.6. The molecule has 4 amide bonds. The van der Waals surface area contributed by atoms with E-state index in [1.54, 1.807) is 19.2 Å². The third-order valence-electron chi connectivity index (χ3n) is 7.08. The molecule has 2 aromatic carbocycles. The molecule has 37 heavy (non-hydrogen) atoms. The number of barbiturate groups is 1. The Morgan fingerprint density at radius 2 is 1.70 bits per heavy atom. The number of rotatable bonds is 6. The van der Waals surface area contributed by atoms with Gasteiger partial charge in [-0.3, -0.25) is 14.9 Å². The number of fused-ring (bicyclic) bond motifs is 1. The van der Waals surface area contributed by atoms with Crippen molar-refractivity contribution in [2.24, 2.45) is 0 Å². The molecule has 4 rings (SSSR count). The lowest BCUT2D eigenvalue weighted by atomic mass is 9.79. The largest absolute Gasteiger partial charge is 0.497 e. The van der Waals surface area contributed by atoms with E-state index < -0.39 is 17.8 Å². The van der Waals surface area contributed by atoms with Gasteiger partial charge in [-0.1, -0.05) is 6.92 Å². The van der Waals surface area contributed by atoms with Crippen LogP contribution in [0.1, 0.15) is 51.2 Å². The van der Waals surface area contributed by atoms with Crippen molar-refractivity contribution >= 4 is 35.3 Å². The van der Waals surface area contributed by atoms with E-state index in [0.29, 0.717) is 17.1 Å². The van der Waals surface area contributed by atoms with Gasteiger partial charge in [0.15, 0.2) is 0 Å². The molecule has 2 heterocycles. The number of nitrogens with one attached hydrogen (secondary N) is 1. The van der Waals surface area contributed by atoms with Crippen LogP contribution in [0.5, 0.6) is 17.2 Å². The van der Waals surface area contributed by atoms with E-state index in [4.69, 9.17) is 14.2 Å². The molecule has 2 aromatic rings. The van der Waals surface area contributed by atoms with Gasteiger partial charge in [-0.2, -0.15) is 0 Å². The van der Waals surface area contributed by atoms with Gasteiger partial charge in [-0.05, 0) is 62.9 Å². The second-order valence-electron chi connectivity index (χ2n) is 9.81. The average molecular weight is 508 g/mol. The van der Waals surface area contributed by atoms with Gasteiger partial charge < -0.3 is 19.1 Å². The molecule has 0 bridgehead atoms. The number of hydrogen-bond acceptors (Lipinski definition) is 7. The van der Waals surface area contributed by atoms with Crippen LogP contribution in [0.15, 0.2) is 35.9 Å². The van der Waals surface area contributed by atoms with Gasteiger partial charge >= 0.3 is 6.03 Å². The summed E-state index contributed by atoms with van der Waals surface area (Å²) in [6.45, 7) is 9.57. The van der Waals surface area contributed by atoms with Crippen LogP contribution in [0.3, 0.4) is 0 Å². The fourth-order valence-electron chi connectivity index (χ4n) is 5.42. The molecule has 0 radical (unpaired) electrons. The Hall–Kier alpha value is -4.01. The number of hydrogen-bond donors (Lipinski definition) is 1. The van der Waals surface area contributed by atoms with Crippen LogP contribution in [0.2, 0.25) is 0 Å². The fourth-order valence-corrected chi connectivity index (χ4v) is 5.42. The molecule has 1 atom stereocenters. The second-order valence-corrected chi connectivity index (χ2v) is 9.81. The van der Waals surface area contributed by atoms with Gasteiger partial charge in [-0.15, -0.1) is 0 Å². The Kier molecular flexibility index (Phi) is 6.90. The zero-order valence-corrected chi connectivity index (χ0v) is 22.3. The number of amides is 4. The minimum atomic E-state index is -0.859. The summed E-state index contributed by atoms with van der Waals surface area (Å²) in [6, 6.07) is 7.77. The molecule has 9 nitrogen and oxygen atoms in total. The normalized spacial score (nSPS) is 20.0. The molecule has 1 saturated heterocycles. The minimum absolute atomic E-state index is 0.0241. The molecular formula is C28H33N3O6. The summed E-state index contributed by atoms with van der Waals surface area (Å²) in [5.41, 5.74) is 2.75. The number of urea groups is 1. The Bertz CT molecular complexity index is 1300. The summed E-state index contributed by atoms with van der Waals surface area (Å²) < 4.78 is 16.3. The topological polar surface area (TPSA) is 97.4 Å². The lowest BCUT2D eigenvalue weighted by molar-refractivity contribution is -0.122. The molecule has 1 N–H and O–H groups in total. The highest BCUT2D eigenvalue weighted by Crippen LogP contribution is 2.46. The number of carbonyl (C=O) groups excluding carboxylic acids is 3. The molecule has 1 unspecified atom stereocenters. The smallest absolute Gasteiger partial charge is 0.336 e. The van der Waals surface area contributed by atoms with Gasteiger partial charge in [0.1, 0.15) is 22.8 Å². The highest BCUT2D eigenvalue weighted by atomic mass is 16.5. The highest BCUT2D eigenvalue weighted by Gasteiger charge is 2.39. The first-order valence-electron chi connectivity index (χ1n) is 12.2. The summed E-state index contributed by atoms with van der Waals surface area (Å²) in [5, 5.41) is 2.27. The maximum Gasteiger partial charge on any atom is 0.336 e. The fraction of sp³-hybridized carbons (Fsp3) is 0.393. The molecule has 0 aliphatic carbocycles. The highest BCUT2D eigenvalue weighted by molar-refractivity contribution is 6.39. The van der Waals surface area contributed by atoms with Crippen LogP contribution in [0.25, 0.3) is 6.08 Å². The van der Waals surface area contributed by atoms with Crippen molar-refractivity contribution in [1.29, 1.82) is 0 Å². The Morgan fingerprint density at radius 3 is 2.32 bits per heavy atom. The van der Waals surface area contributed by atoms with Gasteiger partial charge in [0.25, 0.3) is 11.8 Å². The molecule has 0 spiro atoms. The van der Waals surface area contributed by atoms with Crippen molar-refractivity contribution in [3.8, 4) is 17.2 Å². The van der Waals surface area contributed by atoms with E-state index in [2.05, 4.69) is 37.9 Å². The van der Waals surface area contributed by atoms with Crippen LogP contribution in [0, 0.1) is 0 Å². The average Bonchev–Trinajstić information content (AvgIpc) is 2.86. The summed E-state index contributed by atoms with van der Waals surface area (Å²) >= 11 is 0. The van der Waals surface area contributed by atoms with E-state index in [-0.39, 0.29) is 28.5 Å². The molecule has 0 aromatic heterocycles. The first kappa shape index (κ1) is 26.1. The molecular weight excluding hydrogens is 474 g/mol. The second kappa shape index (κ2) is 9.80. The number of imide groups is 2. The van der Waals surface area contributed by atoms with E-state index in [0.717, 1.165) is 29.1 Å². The number of ether oxygens (including phenoxy) is 3. The van der Waals surface area contributed by atoms with Crippen LogP contribution >= 0.6 is 0 Å². The molecule has 2 aliphatic rings. The van der Waals surface area contributed by atoms with Crippen LogP contribution in [-0.2, 0) is 9.59 Å². The van der Waals surface area contributed by atoms with Gasteiger partial charge in [0.2, 0.25) is 0 Å². The number of anilines is 2. The van der Waals surface area contributed by atoms with Crippen LogP contribution < -0.4 is 29.3 Å². The van der Waals surface area contributed by atoms with Crippen molar-refractivity contribution < 1.29 is 28.6 Å². The number of carbonyl (C=O) groups is 3. The summed E-state index contributed by atoms with van der Waals surface area (Å²) in [6.07, 6.45) is 2.43. The zero-order chi connectivity index (χ0) is 27.1. The molecule has 1 fully saturated rings. The first-order valence-corrected chi connectivity index (χ1v) is 12.2. The zero-order valence-electron chi connectivity index (χ0n) is 22.3. The van der Waals surface area contributed by atoms with Crippen LogP contribution in [0.4, 0.5) is 16.2 Å². The van der Waals surface area contributed by atoms with E-state index >= 15 is 0 Å². The van der Waals surface area contributed by atoms with Crippen molar-refractivity contribution in [2.75, 3.05) is 37.7 Å². The van der Waals surface area contributed by atoms with Crippen molar-refractivity contribution in [1.82, 2.24) is 5.32 Å². The SMILES string of the molecule is CCN1c2cc(OC)c(/C=C3/C(=O)NC(=O)N(c4ccc(OC)cc4OC)C3=O)cc2C(C)CC1(C)C. The summed E-state index contributed by atoms with van der Waals surface area (Å²) in [4.78, 5) is 42.4. The molecule has 9 heteroatoms. The van der Waals surface area contributed by atoms with E-state index in [1.165, 1.54) is 26.4 Å². The predicted octanol–water partition coefficient (Wildman–Crippen LogP) is 4.49. The Morgan fingerprint density at radius 1 is 1.00 bits per heavy atom. The van der Waals surface area contributed by atoms with E-state index in [1.807, 2.05) is 12.1 Å². The number of methoxy groups -OCH3 is 3. The van der Waals surface area contributed by atoms with Gasteiger partial charge in [-0.25, -0.2) is 9.69 Å². The van der Waals surface area contributed by atoms with Gasteiger partial charge in [0, 0.05) is 35.5 Å². The Balaban J connectivity index is 1.82. The summed E-state index contributed by atoms with van der Waals surface area (Å²) in [7, 11) is 4.48. The maximum absolute atomic E-state index is 13.6. The Labute approximate surface area is 217 Å². The predicted molar refractivity (Wildman–Crippen MR) is 142 cm³/mol. The quantitative estimate of drug-likeness (QED) is 0.454. The standard InChI is InChI=1S/C28H33N3O6/c1-8-30-22-14-23(36-6)17(11-19(22)16(2)15-28(30,3)4)12-20-25(32)29-27(34)31(26(20)33)21-10-9-18(35-5)13-24(21)37-7/h9-14,16H,8,15H2,1-7H3,(H,29,32,34)/b20-12-. The summed E-state index contributed by atoms with van der Waals surface area (Å²) in [5.74, 6) is -0.00758. The van der Waals surface area contributed by atoms with Crippen molar-refractivity contribution in [3.05, 3.63) is 47.0 Å². The lowest BCUT2D eigenvalue weighted by Crippen LogP contribution is -2.54. The number of benzene rings is 2. The number of nitrogens with zero attached hydrogens (tertiary/aromatic N) is 2. The van der Waals surface area contributed by atoms with Crippen LogP contribution in [-0.4, -0.2) is 51.3 Å². The molecule has 196 valence electrons.